The average molecular weight is 610 g/mol. The van der Waals surface area contributed by atoms with Crippen molar-refractivity contribution in [1.82, 2.24) is 9.80 Å². The lowest BCUT2D eigenvalue weighted by atomic mass is 9.96. The minimum absolute atomic E-state index is 0. The summed E-state index contributed by atoms with van der Waals surface area (Å²) in [5.41, 5.74) is 6.94. The van der Waals surface area contributed by atoms with Gasteiger partial charge in [0.2, 0.25) is 5.91 Å². The number of hydrogen-bond acceptors (Lipinski definition) is 4. The van der Waals surface area contributed by atoms with Gasteiger partial charge in [-0.05, 0) is 98.3 Å². The minimum atomic E-state index is -0.128. The van der Waals surface area contributed by atoms with E-state index in [9.17, 15) is 9.59 Å². The van der Waals surface area contributed by atoms with Crippen LogP contribution in [0.1, 0.15) is 60.0 Å². The standard InChI is InChI=1S/C34H40N4O2.2ClH/c1-36-32-22-29(15-12-26(32)14-17-33(36)39)35-34(40)27-13-16-31(25-9-4-2-5-10-25)28(21-27)23-38-20-8-11-30(38)24-37-18-6-3-7-19-37;;/h2,4-5,9-10,12-13,15-16,21-22,30H,3,6-8,11,14,17-20,23-24H2,1H3,(H,35,40);2*1H. The first-order valence-corrected chi connectivity index (χ1v) is 14.9. The number of anilines is 2. The molecule has 8 heteroatoms. The molecule has 6 rings (SSSR count). The Morgan fingerprint density at radius 2 is 1.67 bits per heavy atom. The largest absolute Gasteiger partial charge is 0.322 e. The number of nitrogens with one attached hydrogen (secondary N) is 1. The first-order chi connectivity index (χ1) is 19.5. The topological polar surface area (TPSA) is 55.9 Å². The number of nitrogens with zero attached hydrogens (tertiary/aromatic N) is 3. The molecule has 0 aromatic heterocycles. The van der Waals surface area contributed by atoms with E-state index in [-0.39, 0.29) is 36.6 Å². The number of benzene rings is 3. The molecule has 0 bridgehead atoms. The molecule has 2 saturated heterocycles. The Kier molecular flexibility index (Phi) is 11.1. The number of aryl methyl sites for hydroxylation is 1. The van der Waals surface area contributed by atoms with Crippen molar-refractivity contribution < 1.29 is 9.59 Å². The molecule has 3 aliphatic rings. The van der Waals surface area contributed by atoms with Gasteiger partial charge in [-0.3, -0.25) is 14.5 Å². The highest BCUT2D eigenvalue weighted by Gasteiger charge is 2.28. The summed E-state index contributed by atoms with van der Waals surface area (Å²) in [5.74, 6) is -0.0190. The lowest BCUT2D eigenvalue weighted by molar-refractivity contribution is -0.118. The molecule has 6 nitrogen and oxygen atoms in total. The van der Waals surface area contributed by atoms with Gasteiger partial charge >= 0.3 is 0 Å². The second-order valence-electron chi connectivity index (χ2n) is 11.6. The van der Waals surface area contributed by atoms with Crippen molar-refractivity contribution >= 4 is 48.0 Å². The second kappa shape index (κ2) is 14.5. The number of fused-ring (bicyclic) bond motifs is 1. The Morgan fingerprint density at radius 3 is 2.45 bits per heavy atom. The Morgan fingerprint density at radius 1 is 0.881 bits per heavy atom. The summed E-state index contributed by atoms with van der Waals surface area (Å²) in [5, 5.41) is 3.09. The van der Waals surface area contributed by atoms with Gasteiger partial charge in [0.1, 0.15) is 0 Å². The van der Waals surface area contributed by atoms with E-state index in [0.29, 0.717) is 23.7 Å². The van der Waals surface area contributed by atoms with Gasteiger partial charge in [0, 0.05) is 49.5 Å². The van der Waals surface area contributed by atoms with E-state index in [1.54, 1.807) is 11.9 Å². The third-order valence-corrected chi connectivity index (χ3v) is 8.93. The van der Waals surface area contributed by atoms with Gasteiger partial charge in [-0.25, -0.2) is 0 Å². The molecule has 0 radical (unpaired) electrons. The zero-order valence-electron chi connectivity index (χ0n) is 24.4. The van der Waals surface area contributed by atoms with E-state index in [1.165, 1.54) is 61.9 Å². The number of piperidine rings is 1. The Labute approximate surface area is 262 Å². The molecular weight excluding hydrogens is 567 g/mol. The zero-order chi connectivity index (χ0) is 27.5. The fourth-order valence-corrected chi connectivity index (χ4v) is 6.65. The summed E-state index contributed by atoms with van der Waals surface area (Å²) in [6.07, 6.45) is 7.74. The van der Waals surface area contributed by atoms with Crippen LogP contribution >= 0.6 is 24.8 Å². The average Bonchev–Trinajstić information content (AvgIpc) is 3.42. The molecule has 2 fully saturated rings. The van der Waals surface area contributed by atoms with Crippen molar-refractivity contribution in [3.05, 3.63) is 83.4 Å². The van der Waals surface area contributed by atoms with E-state index in [1.807, 2.05) is 30.3 Å². The SMILES string of the molecule is CN1C(=O)CCc2ccc(NC(=O)c3ccc(-c4ccccc4)c(CN4CCCC4CN4CCCCC4)c3)cc21.Cl.Cl. The van der Waals surface area contributed by atoms with E-state index in [4.69, 9.17) is 0 Å². The van der Waals surface area contributed by atoms with Crippen molar-refractivity contribution in [3.63, 3.8) is 0 Å². The Hall–Kier alpha value is -2.90. The van der Waals surface area contributed by atoms with Crippen LogP contribution in [-0.2, 0) is 17.8 Å². The van der Waals surface area contributed by atoms with E-state index in [0.717, 1.165) is 37.3 Å². The van der Waals surface area contributed by atoms with Gasteiger partial charge in [0.05, 0.1) is 0 Å². The lowest BCUT2D eigenvalue weighted by Crippen LogP contribution is -2.42. The fourth-order valence-electron chi connectivity index (χ4n) is 6.65. The van der Waals surface area contributed by atoms with Crippen LogP contribution < -0.4 is 10.2 Å². The van der Waals surface area contributed by atoms with E-state index < -0.39 is 0 Å². The summed E-state index contributed by atoms with van der Waals surface area (Å²) in [7, 11) is 1.80. The lowest BCUT2D eigenvalue weighted by Gasteiger charge is -2.33. The molecule has 1 N–H and O–H groups in total. The Bertz CT molecular complexity index is 1380. The molecule has 0 spiro atoms. The summed E-state index contributed by atoms with van der Waals surface area (Å²) in [6, 6.07) is 23.1. The van der Waals surface area contributed by atoms with Crippen molar-refractivity contribution in [2.75, 3.05) is 43.4 Å². The molecule has 3 aliphatic heterocycles. The maximum Gasteiger partial charge on any atom is 0.255 e. The summed E-state index contributed by atoms with van der Waals surface area (Å²) < 4.78 is 0. The molecule has 0 saturated carbocycles. The number of hydrogen-bond donors (Lipinski definition) is 1. The maximum absolute atomic E-state index is 13.5. The van der Waals surface area contributed by atoms with Gasteiger partial charge in [-0.15, -0.1) is 24.8 Å². The normalized spacial score (nSPS) is 19.0. The Balaban J connectivity index is 0.00000202. The molecule has 224 valence electrons. The van der Waals surface area contributed by atoms with Crippen LogP contribution in [0.5, 0.6) is 0 Å². The molecule has 42 heavy (non-hydrogen) atoms. The van der Waals surface area contributed by atoms with Crippen LogP contribution in [0, 0.1) is 0 Å². The minimum Gasteiger partial charge on any atom is -0.322 e. The third kappa shape index (κ3) is 7.17. The quantitative estimate of drug-likeness (QED) is 0.320. The molecule has 0 aliphatic carbocycles. The first kappa shape index (κ1) is 32.0. The predicted octanol–water partition coefficient (Wildman–Crippen LogP) is 6.81. The van der Waals surface area contributed by atoms with Gasteiger partial charge in [-0.2, -0.15) is 0 Å². The monoisotopic (exact) mass is 608 g/mol. The number of carbonyl (C=O) groups excluding carboxylic acids is 2. The van der Waals surface area contributed by atoms with Crippen LogP contribution in [-0.4, -0.2) is 60.9 Å². The molecular formula is C34H42Cl2N4O2. The highest BCUT2D eigenvalue weighted by atomic mass is 35.5. The second-order valence-corrected chi connectivity index (χ2v) is 11.6. The van der Waals surface area contributed by atoms with Crippen LogP contribution in [0.4, 0.5) is 11.4 Å². The highest BCUT2D eigenvalue weighted by molar-refractivity contribution is 6.05. The van der Waals surface area contributed by atoms with Crippen LogP contribution in [0.15, 0.2) is 66.7 Å². The van der Waals surface area contributed by atoms with Crippen molar-refractivity contribution in [2.45, 2.75) is 57.5 Å². The van der Waals surface area contributed by atoms with Gasteiger partial charge in [0.15, 0.2) is 0 Å². The first-order valence-electron chi connectivity index (χ1n) is 14.9. The van der Waals surface area contributed by atoms with Gasteiger partial charge in [0.25, 0.3) is 5.91 Å². The van der Waals surface area contributed by atoms with Crippen molar-refractivity contribution in [1.29, 1.82) is 0 Å². The van der Waals surface area contributed by atoms with Crippen molar-refractivity contribution in [2.24, 2.45) is 0 Å². The van der Waals surface area contributed by atoms with Crippen LogP contribution in [0.3, 0.4) is 0 Å². The maximum atomic E-state index is 13.5. The van der Waals surface area contributed by atoms with Crippen LogP contribution in [0.2, 0.25) is 0 Å². The zero-order valence-corrected chi connectivity index (χ0v) is 26.0. The molecule has 3 aromatic rings. The number of likely N-dealkylation sites (tertiary alicyclic amines) is 2. The molecule has 1 unspecified atom stereocenters. The van der Waals surface area contributed by atoms with E-state index >= 15 is 0 Å². The van der Waals surface area contributed by atoms with Gasteiger partial charge < -0.3 is 15.1 Å². The predicted molar refractivity (Wildman–Crippen MR) is 176 cm³/mol. The third-order valence-electron chi connectivity index (χ3n) is 8.93. The molecule has 1 atom stereocenters. The highest BCUT2D eigenvalue weighted by Crippen LogP contribution is 2.32. The van der Waals surface area contributed by atoms with Crippen LogP contribution in [0.25, 0.3) is 11.1 Å². The number of halogens is 2. The summed E-state index contributed by atoms with van der Waals surface area (Å²) in [4.78, 5) is 32.7. The molecule has 2 amide bonds. The molecule has 3 heterocycles. The smallest absolute Gasteiger partial charge is 0.255 e. The van der Waals surface area contributed by atoms with Crippen molar-refractivity contribution in [3.8, 4) is 11.1 Å². The van der Waals surface area contributed by atoms with Gasteiger partial charge in [-0.1, -0.05) is 48.9 Å². The molecule has 3 aromatic carbocycles. The van der Waals surface area contributed by atoms with E-state index in [2.05, 4.69) is 51.5 Å². The number of rotatable bonds is 7. The number of amides is 2. The summed E-state index contributed by atoms with van der Waals surface area (Å²) >= 11 is 0. The summed E-state index contributed by atoms with van der Waals surface area (Å²) in [6.45, 7) is 5.54. The fraction of sp³-hybridized carbons (Fsp3) is 0.412. The number of carbonyl (C=O) groups is 2.